The maximum atomic E-state index is 5.71. The molecule has 1 rings (SSSR count). The summed E-state index contributed by atoms with van der Waals surface area (Å²) in [6.45, 7) is 6.54. The molecule has 0 bridgehead atoms. The Morgan fingerprint density at radius 1 is 1.22 bits per heavy atom. The first kappa shape index (κ1) is 15.2. The highest BCUT2D eigenvalue weighted by Crippen LogP contribution is 2.31. The van der Waals surface area contributed by atoms with Crippen molar-refractivity contribution in [2.75, 3.05) is 14.2 Å². The fourth-order valence-corrected chi connectivity index (χ4v) is 2.46. The van der Waals surface area contributed by atoms with Gasteiger partial charge in [0.05, 0.1) is 11.6 Å². The van der Waals surface area contributed by atoms with Gasteiger partial charge in [-0.2, -0.15) is 0 Å². The Morgan fingerprint density at radius 2 is 1.83 bits per heavy atom. The van der Waals surface area contributed by atoms with Gasteiger partial charge in [0.1, 0.15) is 0 Å². The molecule has 0 spiro atoms. The molecule has 102 valence electrons. The molecular weight excluding hydrogens is 222 g/mol. The second kappa shape index (κ2) is 6.91. The maximum Gasteiger partial charge on any atom is 0.0841 e. The summed E-state index contributed by atoms with van der Waals surface area (Å²) < 4.78 is 5.71. The zero-order valence-electron chi connectivity index (χ0n) is 12.4. The van der Waals surface area contributed by atoms with Gasteiger partial charge >= 0.3 is 0 Å². The number of rotatable bonds is 7. The van der Waals surface area contributed by atoms with Crippen molar-refractivity contribution in [3.63, 3.8) is 0 Å². The van der Waals surface area contributed by atoms with Crippen molar-refractivity contribution < 1.29 is 4.74 Å². The Labute approximate surface area is 112 Å². The third kappa shape index (κ3) is 3.33. The number of aryl methyl sites for hydroxylation is 1. The van der Waals surface area contributed by atoms with Crippen LogP contribution in [0.25, 0.3) is 0 Å². The Morgan fingerprint density at radius 3 is 2.22 bits per heavy atom. The zero-order valence-corrected chi connectivity index (χ0v) is 12.4. The Kier molecular flexibility index (Phi) is 5.83. The normalized spacial score (nSPS) is 16.3. The van der Waals surface area contributed by atoms with Crippen LogP contribution in [0.2, 0.25) is 0 Å². The van der Waals surface area contributed by atoms with E-state index in [4.69, 9.17) is 4.74 Å². The lowest BCUT2D eigenvalue weighted by molar-refractivity contribution is -0.0280. The fraction of sp³-hybridized carbons (Fsp3) is 0.625. The van der Waals surface area contributed by atoms with Crippen molar-refractivity contribution in [3.05, 3.63) is 35.4 Å². The van der Waals surface area contributed by atoms with Crippen LogP contribution in [0, 0.1) is 0 Å². The van der Waals surface area contributed by atoms with E-state index in [2.05, 4.69) is 50.4 Å². The van der Waals surface area contributed by atoms with Crippen molar-refractivity contribution in [3.8, 4) is 0 Å². The molecule has 0 aliphatic rings. The molecule has 0 saturated heterocycles. The summed E-state index contributed by atoms with van der Waals surface area (Å²) in [5, 5.41) is 3.39. The molecule has 1 aromatic carbocycles. The van der Waals surface area contributed by atoms with Crippen molar-refractivity contribution in [2.45, 2.75) is 51.7 Å². The molecular formula is C16H27NO. The molecule has 2 heteroatoms. The number of likely N-dealkylation sites (N-methyl/N-ethyl adjacent to an activating group) is 1. The Bertz CT molecular complexity index is 341. The first-order valence-corrected chi connectivity index (χ1v) is 6.92. The average molecular weight is 249 g/mol. The molecule has 1 N–H and O–H groups in total. The third-order valence-electron chi connectivity index (χ3n) is 3.92. The predicted octanol–water partition coefficient (Wildman–Crippen LogP) is 3.71. The molecule has 0 aromatic heterocycles. The van der Waals surface area contributed by atoms with E-state index >= 15 is 0 Å². The van der Waals surface area contributed by atoms with Crippen molar-refractivity contribution >= 4 is 0 Å². The summed E-state index contributed by atoms with van der Waals surface area (Å²) in [5.41, 5.74) is 2.54. The van der Waals surface area contributed by atoms with Gasteiger partial charge in [-0.15, -0.1) is 0 Å². The summed E-state index contributed by atoms with van der Waals surface area (Å²) in [4.78, 5) is 0. The number of benzene rings is 1. The van der Waals surface area contributed by atoms with Gasteiger partial charge < -0.3 is 10.1 Å². The van der Waals surface area contributed by atoms with Crippen molar-refractivity contribution in [1.29, 1.82) is 0 Å². The van der Waals surface area contributed by atoms with Gasteiger partial charge in [0.2, 0.25) is 0 Å². The first-order chi connectivity index (χ1) is 8.61. The highest BCUT2D eigenvalue weighted by atomic mass is 16.5. The van der Waals surface area contributed by atoms with Gasteiger partial charge in [-0.1, -0.05) is 44.5 Å². The number of methoxy groups -OCH3 is 1. The summed E-state index contributed by atoms with van der Waals surface area (Å²) in [6.07, 6.45) is 3.32. The van der Waals surface area contributed by atoms with E-state index in [1.54, 1.807) is 7.11 Å². The molecule has 0 saturated carbocycles. The molecule has 2 nitrogen and oxygen atoms in total. The van der Waals surface area contributed by atoms with Gasteiger partial charge in [0.15, 0.2) is 0 Å². The molecule has 0 heterocycles. The van der Waals surface area contributed by atoms with Crippen molar-refractivity contribution in [1.82, 2.24) is 5.32 Å². The summed E-state index contributed by atoms with van der Waals surface area (Å²) >= 11 is 0. The molecule has 2 unspecified atom stereocenters. The van der Waals surface area contributed by atoms with Gasteiger partial charge in [-0.05, 0) is 37.9 Å². The Hall–Kier alpha value is -0.860. The Balaban J connectivity index is 2.95. The van der Waals surface area contributed by atoms with Gasteiger partial charge in [0, 0.05) is 7.11 Å². The topological polar surface area (TPSA) is 21.3 Å². The molecule has 0 aliphatic carbocycles. The first-order valence-electron chi connectivity index (χ1n) is 6.92. The van der Waals surface area contributed by atoms with Crippen LogP contribution < -0.4 is 5.32 Å². The van der Waals surface area contributed by atoms with Crippen LogP contribution >= 0.6 is 0 Å². The average Bonchev–Trinajstić information content (AvgIpc) is 2.41. The number of ether oxygens (including phenoxy) is 1. The van der Waals surface area contributed by atoms with Crippen LogP contribution in [0.3, 0.4) is 0 Å². The van der Waals surface area contributed by atoms with E-state index in [0.29, 0.717) is 0 Å². The molecule has 1 aromatic rings. The molecule has 0 aliphatic heterocycles. The van der Waals surface area contributed by atoms with Crippen LogP contribution in [0.4, 0.5) is 0 Å². The second-order valence-electron chi connectivity index (χ2n) is 5.08. The lowest BCUT2D eigenvalue weighted by Gasteiger charge is -2.36. The third-order valence-corrected chi connectivity index (χ3v) is 3.92. The van der Waals surface area contributed by atoms with E-state index < -0.39 is 0 Å². The quantitative estimate of drug-likeness (QED) is 0.795. The number of nitrogens with one attached hydrogen (secondary N) is 1. The van der Waals surface area contributed by atoms with E-state index in [1.807, 2.05) is 7.05 Å². The molecule has 0 fully saturated rings. The van der Waals surface area contributed by atoms with Crippen LogP contribution in [-0.2, 0) is 11.2 Å². The minimum Gasteiger partial charge on any atom is -0.377 e. The fourth-order valence-electron chi connectivity index (χ4n) is 2.46. The lowest BCUT2D eigenvalue weighted by Crippen LogP contribution is -2.41. The number of hydrogen-bond donors (Lipinski definition) is 1. The smallest absolute Gasteiger partial charge is 0.0841 e. The van der Waals surface area contributed by atoms with Crippen LogP contribution in [-0.4, -0.2) is 19.8 Å². The van der Waals surface area contributed by atoms with Crippen LogP contribution in [0.5, 0.6) is 0 Å². The molecule has 18 heavy (non-hydrogen) atoms. The van der Waals surface area contributed by atoms with E-state index in [0.717, 1.165) is 12.8 Å². The van der Waals surface area contributed by atoms with E-state index in [9.17, 15) is 0 Å². The maximum absolute atomic E-state index is 5.71. The highest BCUT2D eigenvalue weighted by Gasteiger charge is 2.32. The minimum absolute atomic E-state index is 0.166. The lowest BCUT2D eigenvalue weighted by atomic mass is 9.87. The predicted molar refractivity (Wildman–Crippen MR) is 77.9 cm³/mol. The number of hydrogen-bond acceptors (Lipinski definition) is 2. The van der Waals surface area contributed by atoms with E-state index in [-0.39, 0.29) is 11.6 Å². The monoisotopic (exact) mass is 249 g/mol. The minimum atomic E-state index is -0.166. The molecule has 2 atom stereocenters. The SMILES string of the molecule is CCCc1ccc(C(NC)C(C)(CC)OC)cc1. The summed E-state index contributed by atoms with van der Waals surface area (Å²) in [7, 11) is 3.79. The zero-order chi connectivity index (χ0) is 13.6. The summed E-state index contributed by atoms with van der Waals surface area (Å²) in [5.74, 6) is 0. The standard InChI is InChI=1S/C16H27NO/c1-6-8-13-9-11-14(12-10-13)15(17-4)16(3,7-2)18-5/h9-12,15,17H,6-8H2,1-5H3. The molecule has 0 amide bonds. The van der Waals surface area contributed by atoms with Crippen LogP contribution in [0.1, 0.15) is 50.8 Å². The molecule has 0 radical (unpaired) electrons. The van der Waals surface area contributed by atoms with Gasteiger partial charge in [-0.3, -0.25) is 0 Å². The largest absolute Gasteiger partial charge is 0.377 e. The highest BCUT2D eigenvalue weighted by molar-refractivity contribution is 5.27. The van der Waals surface area contributed by atoms with Gasteiger partial charge in [0.25, 0.3) is 0 Å². The second-order valence-corrected chi connectivity index (χ2v) is 5.08. The van der Waals surface area contributed by atoms with Crippen molar-refractivity contribution in [2.24, 2.45) is 0 Å². The summed E-state index contributed by atoms with van der Waals surface area (Å²) in [6, 6.07) is 9.13. The van der Waals surface area contributed by atoms with E-state index in [1.165, 1.54) is 17.5 Å². The van der Waals surface area contributed by atoms with Gasteiger partial charge in [-0.25, -0.2) is 0 Å². The van der Waals surface area contributed by atoms with Crippen LogP contribution in [0.15, 0.2) is 24.3 Å².